The van der Waals surface area contributed by atoms with Gasteiger partial charge in [0.25, 0.3) is 0 Å². The van der Waals surface area contributed by atoms with Crippen LogP contribution in [0.25, 0.3) is 0 Å². The molecule has 0 aliphatic rings. The van der Waals surface area contributed by atoms with Crippen LogP contribution >= 0.6 is 0 Å². The Hall–Kier alpha value is -0.850. The second kappa shape index (κ2) is 3.26. The molecule has 0 spiro atoms. The maximum atomic E-state index is 4.36. The highest BCUT2D eigenvalue weighted by atomic mass is 14.7. The molecule has 1 rings (SSSR count). The molecule has 0 saturated heterocycles. The van der Waals surface area contributed by atoms with E-state index < -0.39 is 0 Å². The standard InChI is InChI=1S/C11H17N/c1-9-5-6-10(12-8-9)7-11(2,3)4/h5-6,8H,7H2,1-4H3. The fourth-order valence-corrected chi connectivity index (χ4v) is 1.15. The van der Waals surface area contributed by atoms with E-state index in [9.17, 15) is 0 Å². The van der Waals surface area contributed by atoms with Gasteiger partial charge in [0.1, 0.15) is 0 Å². The van der Waals surface area contributed by atoms with Crippen molar-refractivity contribution in [3.63, 3.8) is 0 Å². The van der Waals surface area contributed by atoms with Gasteiger partial charge in [-0.2, -0.15) is 0 Å². The minimum Gasteiger partial charge on any atom is -0.261 e. The van der Waals surface area contributed by atoms with Crippen molar-refractivity contribution in [3.8, 4) is 0 Å². The van der Waals surface area contributed by atoms with Crippen molar-refractivity contribution in [3.05, 3.63) is 29.6 Å². The van der Waals surface area contributed by atoms with Crippen molar-refractivity contribution >= 4 is 0 Å². The first-order valence-corrected chi connectivity index (χ1v) is 4.39. The lowest BCUT2D eigenvalue weighted by molar-refractivity contribution is 0.406. The number of nitrogens with zero attached hydrogens (tertiary/aromatic N) is 1. The monoisotopic (exact) mass is 163 g/mol. The number of pyridine rings is 1. The van der Waals surface area contributed by atoms with Crippen molar-refractivity contribution in [2.24, 2.45) is 5.41 Å². The van der Waals surface area contributed by atoms with Crippen LogP contribution < -0.4 is 0 Å². The van der Waals surface area contributed by atoms with Gasteiger partial charge in [0.2, 0.25) is 0 Å². The molecule has 1 heterocycles. The van der Waals surface area contributed by atoms with Gasteiger partial charge in [-0.25, -0.2) is 0 Å². The number of hydrogen-bond acceptors (Lipinski definition) is 1. The number of hydrogen-bond donors (Lipinski definition) is 0. The first kappa shape index (κ1) is 9.24. The summed E-state index contributed by atoms with van der Waals surface area (Å²) in [6.45, 7) is 8.76. The molecule has 0 saturated carbocycles. The smallest absolute Gasteiger partial charge is 0.0409 e. The summed E-state index contributed by atoms with van der Waals surface area (Å²) in [6, 6.07) is 4.23. The van der Waals surface area contributed by atoms with E-state index in [4.69, 9.17) is 0 Å². The maximum absolute atomic E-state index is 4.36. The van der Waals surface area contributed by atoms with E-state index in [2.05, 4.69) is 44.8 Å². The largest absolute Gasteiger partial charge is 0.261 e. The molecule has 0 aliphatic carbocycles. The van der Waals surface area contributed by atoms with Gasteiger partial charge in [-0.05, 0) is 30.4 Å². The summed E-state index contributed by atoms with van der Waals surface area (Å²) < 4.78 is 0. The Labute approximate surface area is 74.8 Å². The van der Waals surface area contributed by atoms with Crippen LogP contribution in [0.1, 0.15) is 32.0 Å². The number of aromatic nitrogens is 1. The van der Waals surface area contributed by atoms with Crippen LogP contribution in [0.3, 0.4) is 0 Å². The molecular formula is C11H17N. The average Bonchev–Trinajstić information content (AvgIpc) is 1.91. The second-order valence-corrected chi connectivity index (χ2v) is 4.56. The molecule has 1 heteroatoms. The quantitative estimate of drug-likeness (QED) is 0.620. The van der Waals surface area contributed by atoms with Gasteiger partial charge >= 0.3 is 0 Å². The minimum atomic E-state index is 0.336. The summed E-state index contributed by atoms with van der Waals surface area (Å²) in [5, 5.41) is 0. The molecule has 1 aromatic heterocycles. The number of rotatable bonds is 1. The molecule has 0 atom stereocenters. The highest BCUT2D eigenvalue weighted by molar-refractivity contribution is 5.12. The molecule has 1 nitrogen and oxygen atoms in total. The molecule has 0 amide bonds. The molecule has 0 fully saturated rings. The zero-order valence-corrected chi connectivity index (χ0v) is 8.39. The lowest BCUT2D eigenvalue weighted by Crippen LogP contribution is -2.10. The fourth-order valence-electron chi connectivity index (χ4n) is 1.15. The Kier molecular flexibility index (Phi) is 2.51. The summed E-state index contributed by atoms with van der Waals surface area (Å²) in [5.74, 6) is 0. The van der Waals surface area contributed by atoms with Crippen LogP contribution in [-0.2, 0) is 6.42 Å². The molecule has 0 N–H and O–H groups in total. The number of aryl methyl sites for hydroxylation is 1. The van der Waals surface area contributed by atoms with E-state index in [1.54, 1.807) is 0 Å². The lowest BCUT2D eigenvalue weighted by Gasteiger charge is -2.17. The molecule has 0 aromatic carbocycles. The summed E-state index contributed by atoms with van der Waals surface area (Å²) >= 11 is 0. The Morgan fingerprint density at radius 3 is 2.33 bits per heavy atom. The van der Waals surface area contributed by atoms with Crippen LogP contribution in [0.5, 0.6) is 0 Å². The van der Waals surface area contributed by atoms with Crippen LogP contribution in [0.4, 0.5) is 0 Å². The average molecular weight is 163 g/mol. The van der Waals surface area contributed by atoms with Crippen LogP contribution in [0.15, 0.2) is 18.3 Å². The Balaban J connectivity index is 2.71. The third-order valence-corrected chi connectivity index (χ3v) is 1.68. The Morgan fingerprint density at radius 1 is 1.25 bits per heavy atom. The van der Waals surface area contributed by atoms with Gasteiger partial charge in [-0.15, -0.1) is 0 Å². The third kappa shape index (κ3) is 3.04. The SMILES string of the molecule is Cc1ccc(CC(C)(C)C)nc1. The first-order valence-electron chi connectivity index (χ1n) is 4.39. The van der Waals surface area contributed by atoms with Crippen molar-refractivity contribution < 1.29 is 0 Å². The predicted octanol–water partition coefficient (Wildman–Crippen LogP) is 2.98. The van der Waals surface area contributed by atoms with Crippen LogP contribution in [0, 0.1) is 12.3 Å². The molecule has 0 bridgehead atoms. The molecule has 1 aromatic rings. The summed E-state index contributed by atoms with van der Waals surface area (Å²) in [4.78, 5) is 4.36. The first-order chi connectivity index (χ1) is 5.47. The van der Waals surface area contributed by atoms with E-state index in [-0.39, 0.29) is 0 Å². The van der Waals surface area contributed by atoms with E-state index in [1.165, 1.54) is 11.3 Å². The predicted molar refractivity (Wildman–Crippen MR) is 52.1 cm³/mol. The van der Waals surface area contributed by atoms with E-state index in [0.717, 1.165) is 6.42 Å². The van der Waals surface area contributed by atoms with Crippen molar-refractivity contribution in [2.45, 2.75) is 34.1 Å². The van der Waals surface area contributed by atoms with E-state index >= 15 is 0 Å². The zero-order chi connectivity index (χ0) is 9.19. The molecular weight excluding hydrogens is 146 g/mol. The van der Waals surface area contributed by atoms with E-state index in [1.807, 2.05) is 6.20 Å². The van der Waals surface area contributed by atoms with Crippen molar-refractivity contribution in [1.82, 2.24) is 4.98 Å². The molecule has 66 valence electrons. The minimum absolute atomic E-state index is 0.336. The van der Waals surface area contributed by atoms with Crippen molar-refractivity contribution in [1.29, 1.82) is 0 Å². The third-order valence-electron chi connectivity index (χ3n) is 1.68. The highest BCUT2D eigenvalue weighted by Gasteiger charge is 2.11. The summed E-state index contributed by atoms with van der Waals surface area (Å²) in [5.41, 5.74) is 2.75. The van der Waals surface area contributed by atoms with Crippen molar-refractivity contribution in [2.75, 3.05) is 0 Å². The highest BCUT2D eigenvalue weighted by Crippen LogP contribution is 2.18. The Bertz CT molecular complexity index is 241. The molecule has 12 heavy (non-hydrogen) atoms. The molecule has 0 unspecified atom stereocenters. The summed E-state index contributed by atoms with van der Waals surface area (Å²) in [6.07, 6.45) is 2.98. The van der Waals surface area contributed by atoms with Gasteiger partial charge in [0.15, 0.2) is 0 Å². The van der Waals surface area contributed by atoms with E-state index in [0.29, 0.717) is 5.41 Å². The van der Waals surface area contributed by atoms with Gasteiger partial charge in [-0.3, -0.25) is 4.98 Å². The second-order valence-electron chi connectivity index (χ2n) is 4.56. The lowest BCUT2D eigenvalue weighted by atomic mass is 9.90. The zero-order valence-electron chi connectivity index (χ0n) is 8.39. The Morgan fingerprint density at radius 2 is 1.92 bits per heavy atom. The normalized spacial score (nSPS) is 11.7. The van der Waals surface area contributed by atoms with Gasteiger partial charge in [0, 0.05) is 11.9 Å². The van der Waals surface area contributed by atoms with Crippen LogP contribution in [-0.4, -0.2) is 4.98 Å². The molecule has 0 radical (unpaired) electrons. The van der Waals surface area contributed by atoms with Gasteiger partial charge in [-0.1, -0.05) is 26.8 Å². The van der Waals surface area contributed by atoms with Gasteiger partial charge < -0.3 is 0 Å². The fraction of sp³-hybridized carbons (Fsp3) is 0.545. The maximum Gasteiger partial charge on any atom is 0.0409 e. The molecule has 0 aliphatic heterocycles. The van der Waals surface area contributed by atoms with Gasteiger partial charge in [0.05, 0.1) is 0 Å². The van der Waals surface area contributed by atoms with Crippen LogP contribution in [0.2, 0.25) is 0 Å². The topological polar surface area (TPSA) is 12.9 Å². The summed E-state index contributed by atoms with van der Waals surface area (Å²) in [7, 11) is 0.